The van der Waals surface area contributed by atoms with Crippen LogP contribution in [0.2, 0.25) is 0 Å². The molecule has 4 heteroatoms. The van der Waals surface area contributed by atoms with Gasteiger partial charge in [0.15, 0.2) is 0 Å². The Morgan fingerprint density at radius 3 is 2.46 bits per heavy atom. The zero-order valence-electron chi connectivity index (χ0n) is 8.35. The number of hydrogen-bond donors (Lipinski definition) is 1. The van der Waals surface area contributed by atoms with E-state index in [0.717, 1.165) is 32.7 Å². The predicted octanol–water partition coefficient (Wildman–Crippen LogP) is -0.639. The van der Waals surface area contributed by atoms with Crippen LogP contribution in [0.25, 0.3) is 0 Å². The average Bonchev–Trinajstić information content (AvgIpc) is 2.17. The van der Waals surface area contributed by atoms with Gasteiger partial charge < -0.3 is 9.80 Å². The number of carbonyl (C=O) groups excluding carboxylic acids is 1. The summed E-state index contributed by atoms with van der Waals surface area (Å²) >= 11 is 5.73. The third-order valence-electron chi connectivity index (χ3n) is 2.62. The van der Waals surface area contributed by atoms with Crippen LogP contribution in [0.4, 0.5) is 0 Å². The molecule has 1 saturated heterocycles. The number of amides is 1. The number of likely N-dealkylation sites (N-methyl/N-ethyl adjacent to an activating group) is 1. The molecule has 1 aliphatic rings. The van der Waals surface area contributed by atoms with Crippen molar-refractivity contribution in [3.05, 3.63) is 0 Å². The third-order valence-corrected chi connectivity index (χ3v) is 2.81. The highest BCUT2D eigenvalue weighted by Gasteiger charge is 2.24. The van der Waals surface area contributed by atoms with Crippen LogP contribution < -0.4 is 4.90 Å². The summed E-state index contributed by atoms with van der Waals surface area (Å²) in [5.74, 6) is 0.0804. The molecular weight excluding hydrogens is 188 g/mol. The molecule has 0 aliphatic carbocycles. The number of alkyl halides is 1. The zero-order chi connectivity index (χ0) is 9.84. The summed E-state index contributed by atoms with van der Waals surface area (Å²) in [6, 6.07) is 0. The molecule has 76 valence electrons. The standard InChI is InChI=1S/C9H17ClN2O/c1-3-11-4-6-12(7-5-11)9(13)8(2)10/h8H,3-7H2,1-2H3/p+1/t8-/m0/s1. The highest BCUT2D eigenvalue weighted by atomic mass is 35.5. The number of nitrogens with one attached hydrogen (secondary N) is 1. The van der Waals surface area contributed by atoms with Crippen LogP contribution >= 0.6 is 11.6 Å². The summed E-state index contributed by atoms with van der Waals surface area (Å²) in [6.45, 7) is 8.91. The number of piperazine rings is 1. The lowest BCUT2D eigenvalue weighted by molar-refractivity contribution is -0.902. The van der Waals surface area contributed by atoms with Crippen LogP contribution in [0.1, 0.15) is 13.8 Å². The van der Waals surface area contributed by atoms with Crippen LogP contribution in [-0.2, 0) is 4.79 Å². The molecular formula is C9H18ClN2O+. The fourth-order valence-corrected chi connectivity index (χ4v) is 1.79. The van der Waals surface area contributed by atoms with Gasteiger partial charge in [0.25, 0.3) is 0 Å². The molecule has 0 aromatic heterocycles. The Kier molecular flexibility index (Phi) is 4.00. The molecule has 1 amide bonds. The second-order valence-electron chi connectivity index (χ2n) is 3.54. The fourth-order valence-electron chi connectivity index (χ4n) is 1.65. The van der Waals surface area contributed by atoms with Crippen molar-refractivity contribution in [1.29, 1.82) is 0 Å². The van der Waals surface area contributed by atoms with Gasteiger partial charge in [-0.25, -0.2) is 0 Å². The third kappa shape index (κ3) is 2.85. The molecule has 0 saturated carbocycles. The molecule has 0 spiro atoms. The van der Waals surface area contributed by atoms with Crippen LogP contribution in [-0.4, -0.2) is 48.9 Å². The van der Waals surface area contributed by atoms with E-state index in [1.807, 2.05) is 4.90 Å². The van der Waals surface area contributed by atoms with Crippen molar-refractivity contribution in [2.24, 2.45) is 0 Å². The van der Waals surface area contributed by atoms with Crippen molar-refractivity contribution in [2.45, 2.75) is 19.2 Å². The monoisotopic (exact) mass is 205 g/mol. The van der Waals surface area contributed by atoms with Gasteiger partial charge in [0.05, 0.1) is 32.7 Å². The van der Waals surface area contributed by atoms with Crippen molar-refractivity contribution in [2.75, 3.05) is 32.7 Å². The molecule has 0 bridgehead atoms. The lowest BCUT2D eigenvalue weighted by Gasteiger charge is -2.32. The Hall–Kier alpha value is -0.280. The highest BCUT2D eigenvalue weighted by Crippen LogP contribution is 2.01. The maximum Gasteiger partial charge on any atom is 0.240 e. The molecule has 3 nitrogen and oxygen atoms in total. The van der Waals surface area contributed by atoms with Gasteiger partial charge in [0.1, 0.15) is 5.38 Å². The van der Waals surface area contributed by atoms with Crippen LogP contribution in [0.5, 0.6) is 0 Å². The van der Waals surface area contributed by atoms with Crippen molar-refractivity contribution in [3.8, 4) is 0 Å². The maximum atomic E-state index is 11.5. The van der Waals surface area contributed by atoms with Gasteiger partial charge in [-0.1, -0.05) is 0 Å². The first-order chi connectivity index (χ1) is 6.15. The first-order valence-corrected chi connectivity index (χ1v) is 5.35. The fraction of sp³-hybridized carbons (Fsp3) is 0.889. The SMILES string of the molecule is CC[NH+]1CCN(C(=O)[C@H](C)Cl)CC1. The molecule has 0 aromatic carbocycles. The highest BCUT2D eigenvalue weighted by molar-refractivity contribution is 6.30. The minimum Gasteiger partial charge on any atom is -0.332 e. The van der Waals surface area contributed by atoms with E-state index in [1.54, 1.807) is 11.8 Å². The largest absolute Gasteiger partial charge is 0.332 e. The second-order valence-corrected chi connectivity index (χ2v) is 4.20. The predicted molar refractivity (Wildman–Crippen MR) is 53.1 cm³/mol. The number of hydrogen-bond acceptors (Lipinski definition) is 1. The Balaban J connectivity index is 2.36. The molecule has 0 radical (unpaired) electrons. The number of quaternary nitrogens is 1. The van der Waals surface area contributed by atoms with Crippen molar-refractivity contribution in [1.82, 2.24) is 4.90 Å². The van der Waals surface area contributed by atoms with Gasteiger partial charge in [-0.2, -0.15) is 0 Å². The molecule has 1 N–H and O–H groups in total. The van der Waals surface area contributed by atoms with Crippen LogP contribution in [0.15, 0.2) is 0 Å². The lowest BCUT2D eigenvalue weighted by Crippen LogP contribution is -3.14. The summed E-state index contributed by atoms with van der Waals surface area (Å²) < 4.78 is 0. The van der Waals surface area contributed by atoms with Crippen LogP contribution in [0.3, 0.4) is 0 Å². The number of carbonyl (C=O) groups is 1. The molecule has 0 aromatic rings. The minimum absolute atomic E-state index is 0.0804. The van der Waals surface area contributed by atoms with E-state index in [9.17, 15) is 4.79 Å². The van der Waals surface area contributed by atoms with Crippen molar-refractivity contribution >= 4 is 17.5 Å². The smallest absolute Gasteiger partial charge is 0.240 e. The Bertz CT molecular complexity index is 176. The Labute approximate surface area is 84.6 Å². The molecule has 1 heterocycles. The van der Waals surface area contributed by atoms with E-state index < -0.39 is 0 Å². The van der Waals surface area contributed by atoms with Gasteiger partial charge in [0.2, 0.25) is 5.91 Å². The van der Waals surface area contributed by atoms with Gasteiger partial charge in [-0.3, -0.25) is 4.79 Å². The van der Waals surface area contributed by atoms with Crippen LogP contribution in [0, 0.1) is 0 Å². The quantitative estimate of drug-likeness (QED) is 0.597. The molecule has 1 rings (SSSR count). The van der Waals surface area contributed by atoms with E-state index in [1.165, 1.54) is 0 Å². The van der Waals surface area contributed by atoms with Gasteiger partial charge in [-0.05, 0) is 13.8 Å². The summed E-state index contributed by atoms with van der Waals surface area (Å²) in [5, 5.41) is -0.372. The van der Waals surface area contributed by atoms with E-state index >= 15 is 0 Å². The first-order valence-electron chi connectivity index (χ1n) is 4.91. The molecule has 1 aliphatic heterocycles. The Morgan fingerprint density at radius 1 is 1.54 bits per heavy atom. The summed E-state index contributed by atoms with van der Waals surface area (Å²) in [4.78, 5) is 14.9. The Morgan fingerprint density at radius 2 is 2.08 bits per heavy atom. The summed E-state index contributed by atoms with van der Waals surface area (Å²) in [7, 11) is 0. The molecule has 1 fully saturated rings. The first kappa shape index (κ1) is 10.8. The number of nitrogens with zero attached hydrogens (tertiary/aromatic N) is 1. The second kappa shape index (κ2) is 4.82. The van der Waals surface area contributed by atoms with E-state index in [0.29, 0.717) is 0 Å². The van der Waals surface area contributed by atoms with Gasteiger partial charge in [0, 0.05) is 0 Å². The maximum absolute atomic E-state index is 11.5. The minimum atomic E-state index is -0.372. The topological polar surface area (TPSA) is 24.8 Å². The normalized spacial score (nSPS) is 21.6. The summed E-state index contributed by atoms with van der Waals surface area (Å²) in [6.07, 6.45) is 0. The van der Waals surface area contributed by atoms with Crippen molar-refractivity contribution < 1.29 is 9.69 Å². The van der Waals surface area contributed by atoms with E-state index in [2.05, 4.69) is 6.92 Å². The summed E-state index contributed by atoms with van der Waals surface area (Å²) in [5.41, 5.74) is 0. The molecule has 1 atom stereocenters. The molecule has 0 unspecified atom stereocenters. The van der Waals surface area contributed by atoms with E-state index in [-0.39, 0.29) is 11.3 Å². The van der Waals surface area contributed by atoms with Crippen molar-refractivity contribution in [3.63, 3.8) is 0 Å². The lowest BCUT2D eigenvalue weighted by atomic mass is 10.3. The van der Waals surface area contributed by atoms with Gasteiger partial charge in [-0.15, -0.1) is 11.6 Å². The van der Waals surface area contributed by atoms with Gasteiger partial charge >= 0.3 is 0 Å². The number of halogens is 1. The zero-order valence-corrected chi connectivity index (χ0v) is 9.10. The average molecular weight is 206 g/mol. The molecule has 13 heavy (non-hydrogen) atoms. The number of rotatable bonds is 2. The van der Waals surface area contributed by atoms with E-state index in [4.69, 9.17) is 11.6 Å².